The average Bonchev–Trinajstić information content (AvgIpc) is 2.84. The summed E-state index contributed by atoms with van der Waals surface area (Å²) < 4.78 is 4.39. The van der Waals surface area contributed by atoms with Crippen molar-refractivity contribution in [3.05, 3.63) is 48.2 Å². The minimum atomic E-state index is -1.02. The van der Waals surface area contributed by atoms with Crippen molar-refractivity contribution in [2.45, 2.75) is 12.5 Å². The van der Waals surface area contributed by atoms with Gasteiger partial charge >= 0.3 is 5.97 Å². The molecule has 0 bridgehead atoms. The highest BCUT2D eigenvalue weighted by Crippen LogP contribution is 2.10. The number of carboxylic acids is 1. The minimum Gasteiger partial charge on any atom is -0.508 e. The molecule has 0 aliphatic carbocycles. The van der Waals surface area contributed by atoms with Crippen LogP contribution in [0.1, 0.15) is 5.56 Å². The van der Waals surface area contributed by atoms with Gasteiger partial charge in [-0.15, -0.1) is 0 Å². The Kier molecular flexibility index (Phi) is 5.43. The predicted molar refractivity (Wildman–Crippen MR) is 67.8 cm³/mol. The Morgan fingerprint density at radius 2 is 1.84 bits per heavy atom. The van der Waals surface area contributed by atoms with Gasteiger partial charge in [0.05, 0.1) is 6.26 Å². The van der Waals surface area contributed by atoms with Gasteiger partial charge in [-0.3, -0.25) is 4.79 Å². The highest BCUT2D eigenvalue weighted by molar-refractivity contribution is 5.73. The van der Waals surface area contributed by atoms with Gasteiger partial charge in [0.15, 0.2) is 0 Å². The molecule has 5 N–H and O–H groups in total. The molecule has 0 aliphatic heterocycles. The molecule has 6 heteroatoms. The van der Waals surface area contributed by atoms with Crippen LogP contribution >= 0.6 is 0 Å². The van der Waals surface area contributed by atoms with Gasteiger partial charge in [-0.1, -0.05) is 12.1 Å². The second-order valence-electron chi connectivity index (χ2n) is 3.77. The molecule has 0 aliphatic rings. The number of nitrogens with two attached hydrogens (primary N) is 1. The lowest BCUT2D eigenvalue weighted by Gasteiger charge is -2.05. The molecule has 19 heavy (non-hydrogen) atoms. The van der Waals surface area contributed by atoms with Crippen molar-refractivity contribution < 1.29 is 24.5 Å². The molecule has 0 saturated heterocycles. The summed E-state index contributed by atoms with van der Waals surface area (Å²) in [6.45, 7) is 0. The van der Waals surface area contributed by atoms with Crippen molar-refractivity contribution in [2.24, 2.45) is 5.73 Å². The summed E-state index contributed by atoms with van der Waals surface area (Å²) in [5, 5.41) is 25.8. The molecule has 2 rings (SSSR count). The van der Waals surface area contributed by atoms with Crippen molar-refractivity contribution >= 4 is 5.97 Å². The molecule has 102 valence electrons. The molecule has 1 aromatic heterocycles. The van der Waals surface area contributed by atoms with Gasteiger partial charge in [0.25, 0.3) is 5.95 Å². The van der Waals surface area contributed by atoms with Crippen molar-refractivity contribution in [1.82, 2.24) is 0 Å². The molecule has 1 atom stereocenters. The van der Waals surface area contributed by atoms with Crippen LogP contribution in [0, 0.1) is 0 Å². The van der Waals surface area contributed by atoms with E-state index < -0.39 is 12.0 Å². The SMILES string of the molecule is NC(Cc1ccc(O)cc1)C(=O)O.Oc1ccco1. The van der Waals surface area contributed by atoms with Gasteiger partial charge in [0.2, 0.25) is 0 Å². The van der Waals surface area contributed by atoms with Gasteiger partial charge in [0.1, 0.15) is 11.8 Å². The second kappa shape index (κ2) is 7.07. The van der Waals surface area contributed by atoms with Crippen LogP contribution in [0.2, 0.25) is 0 Å². The van der Waals surface area contributed by atoms with Gasteiger partial charge in [-0.25, -0.2) is 0 Å². The van der Waals surface area contributed by atoms with E-state index in [2.05, 4.69) is 4.42 Å². The Morgan fingerprint density at radius 1 is 1.21 bits per heavy atom. The van der Waals surface area contributed by atoms with Crippen LogP contribution in [0.5, 0.6) is 11.7 Å². The first-order valence-electron chi connectivity index (χ1n) is 5.48. The molecule has 0 saturated carbocycles. The number of carboxylic acid groups (broad SMARTS) is 1. The first-order chi connectivity index (χ1) is 8.99. The van der Waals surface area contributed by atoms with E-state index in [1.54, 1.807) is 18.2 Å². The van der Waals surface area contributed by atoms with Crippen LogP contribution in [-0.2, 0) is 11.2 Å². The second-order valence-corrected chi connectivity index (χ2v) is 3.77. The Morgan fingerprint density at radius 3 is 2.21 bits per heavy atom. The zero-order valence-electron chi connectivity index (χ0n) is 10.1. The van der Waals surface area contributed by atoms with Crippen LogP contribution in [0.4, 0.5) is 0 Å². The van der Waals surface area contributed by atoms with E-state index >= 15 is 0 Å². The number of phenols is 1. The number of hydrogen-bond acceptors (Lipinski definition) is 5. The largest absolute Gasteiger partial charge is 0.508 e. The fraction of sp³-hybridized carbons (Fsp3) is 0.154. The number of phenolic OH excluding ortho intramolecular Hbond substituents is 1. The first-order valence-corrected chi connectivity index (χ1v) is 5.48. The summed E-state index contributed by atoms with van der Waals surface area (Å²) in [6.07, 6.45) is 1.69. The van der Waals surface area contributed by atoms with E-state index in [4.69, 9.17) is 21.1 Å². The lowest BCUT2D eigenvalue weighted by atomic mass is 10.1. The Bertz CT molecular complexity index is 492. The molecule has 0 amide bonds. The predicted octanol–water partition coefficient (Wildman–Crippen LogP) is 1.33. The molecule has 2 aromatic rings. The maximum absolute atomic E-state index is 10.4. The maximum Gasteiger partial charge on any atom is 0.320 e. The summed E-state index contributed by atoms with van der Waals surface area (Å²) in [5.74, 6) is -0.893. The smallest absolute Gasteiger partial charge is 0.320 e. The highest BCUT2D eigenvalue weighted by atomic mass is 16.5. The number of furan rings is 1. The number of benzene rings is 1. The van der Waals surface area contributed by atoms with Crippen molar-refractivity contribution in [3.8, 4) is 11.7 Å². The molecule has 6 nitrogen and oxygen atoms in total. The molecular weight excluding hydrogens is 250 g/mol. The summed E-state index contributed by atoms with van der Waals surface area (Å²) in [7, 11) is 0. The zero-order chi connectivity index (χ0) is 14.3. The lowest BCUT2D eigenvalue weighted by Crippen LogP contribution is -2.32. The van der Waals surface area contributed by atoms with Gasteiger partial charge < -0.3 is 25.5 Å². The molecule has 1 heterocycles. The third kappa shape index (κ3) is 5.60. The van der Waals surface area contributed by atoms with Crippen LogP contribution in [0.15, 0.2) is 47.1 Å². The highest BCUT2D eigenvalue weighted by Gasteiger charge is 2.11. The molecule has 0 fully saturated rings. The van der Waals surface area contributed by atoms with Gasteiger partial charge in [-0.05, 0) is 30.2 Å². The Hall–Kier alpha value is -2.47. The van der Waals surface area contributed by atoms with Gasteiger partial charge in [-0.2, -0.15) is 0 Å². The third-order valence-corrected chi connectivity index (χ3v) is 2.22. The standard InChI is InChI=1S/C9H11NO3.C4H4O2/c10-8(9(12)13)5-6-1-3-7(11)4-2-6;5-4-2-1-3-6-4/h1-4,8,11H,5,10H2,(H,12,13);1-3,5H. The summed E-state index contributed by atoms with van der Waals surface area (Å²) in [5.41, 5.74) is 6.12. The topological polar surface area (TPSA) is 117 Å². The van der Waals surface area contributed by atoms with E-state index in [-0.39, 0.29) is 18.1 Å². The van der Waals surface area contributed by atoms with E-state index in [1.807, 2.05) is 0 Å². The molecule has 1 unspecified atom stereocenters. The van der Waals surface area contributed by atoms with Crippen molar-refractivity contribution in [3.63, 3.8) is 0 Å². The third-order valence-electron chi connectivity index (χ3n) is 2.22. The number of aliphatic carboxylic acids is 1. The van der Waals surface area contributed by atoms with E-state index in [0.717, 1.165) is 5.56 Å². The minimum absolute atomic E-state index is 0.0324. The van der Waals surface area contributed by atoms with E-state index in [1.165, 1.54) is 24.5 Å². The average molecular weight is 265 g/mol. The van der Waals surface area contributed by atoms with Crippen molar-refractivity contribution in [2.75, 3.05) is 0 Å². The Labute approximate surface area is 109 Å². The molecular formula is C13H15NO5. The lowest BCUT2D eigenvalue weighted by molar-refractivity contribution is -0.138. The first kappa shape index (κ1) is 14.6. The van der Waals surface area contributed by atoms with Crippen LogP contribution in [0.25, 0.3) is 0 Å². The summed E-state index contributed by atoms with van der Waals surface area (Å²) in [6, 6.07) is 8.52. The monoisotopic (exact) mass is 265 g/mol. The maximum atomic E-state index is 10.4. The summed E-state index contributed by atoms with van der Waals surface area (Å²) in [4.78, 5) is 10.4. The zero-order valence-corrected chi connectivity index (χ0v) is 10.1. The molecule has 0 radical (unpaired) electrons. The normalized spacial score (nSPS) is 11.2. The Balaban J connectivity index is 0.000000250. The number of rotatable bonds is 3. The van der Waals surface area contributed by atoms with Crippen LogP contribution in [-0.4, -0.2) is 27.3 Å². The van der Waals surface area contributed by atoms with Crippen LogP contribution < -0.4 is 5.73 Å². The van der Waals surface area contributed by atoms with Crippen molar-refractivity contribution in [1.29, 1.82) is 0 Å². The quantitative estimate of drug-likeness (QED) is 0.665. The fourth-order valence-electron chi connectivity index (χ4n) is 1.24. The fourth-order valence-corrected chi connectivity index (χ4v) is 1.24. The van der Waals surface area contributed by atoms with Gasteiger partial charge in [0, 0.05) is 6.07 Å². The van der Waals surface area contributed by atoms with E-state index in [0.29, 0.717) is 0 Å². The summed E-state index contributed by atoms with van der Waals surface area (Å²) >= 11 is 0. The molecule has 0 spiro atoms. The number of carbonyl (C=O) groups is 1. The van der Waals surface area contributed by atoms with Crippen LogP contribution in [0.3, 0.4) is 0 Å². The number of aromatic hydroxyl groups is 2. The number of hydrogen-bond donors (Lipinski definition) is 4. The van der Waals surface area contributed by atoms with E-state index in [9.17, 15) is 4.79 Å². The molecule has 1 aromatic carbocycles.